The van der Waals surface area contributed by atoms with Gasteiger partial charge in [0.1, 0.15) is 0 Å². The molecule has 0 atom stereocenters. The summed E-state index contributed by atoms with van der Waals surface area (Å²) in [6, 6.07) is 1.84. The van der Waals surface area contributed by atoms with E-state index in [4.69, 9.17) is 21.7 Å². The van der Waals surface area contributed by atoms with Crippen LogP contribution < -0.4 is 5.32 Å². The third-order valence-corrected chi connectivity index (χ3v) is 5.48. The summed E-state index contributed by atoms with van der Waals surface area (Å²) in [4.78, 5) is 0. The van der Waals surface area contributed by atoms with Crippen LogP contribution in [0.25, 0.3) is 10.3 Å². The second-order valence-corrected chi connectivity index (χ2v) is 6.88. The van der Waals surface area contributed by atoms with Gasteiger partial charge in [0.2, 0.25) is 0 Å². The van der Waals surface area contributed by atoms with E-state index in [1.54, 1.807) is 23.1 Å². The van der Waals surface area contributed by atoms with Gasteiger partial charge in [0.15, 0.2) is 11.5 Å². The zero-order valence-electron chi connectivity index (χ0n) is 9.44. The molecule has 2 rings (SSSR count). The molecule has 0 aliphatic rings. The molecular formula is C11H12BrNO2S3. The average Bonchev–Trinajstić information content (AvgIpc) is 2.72. The number of hydrogen-bond acceptors (Lipinski definition) is 6. The first-order valence-electron chi connectivity index (χ1n) is 5.35. The highest BCUT2D eigenvalue weighted by atomic mass is 79.9. The van der Waals surface area contributed by atoms with Crippen LogP contribution in [-0.2, 0) is 0 Å². The van der Waals surface area contributed by atoms with Crippen molar-refractivity contribution < 1.29 is 9.52 Å². The highest BCUT2D eigenvalue weighted by Crippen LogP contribution is 2.33. The highest BCUT2D eigenvalue weighted by Gasteiger charge is 2.07. The molecule has 2 aromatic heterocycles. The van der Waals surface area contributed by atoms with Gasteiger partial charge < -0.3 is 14.8 Å². The monoisotopic (exact) mass is 365 g/mol. The Balaban J connectivity index is 2.05. The summed E-state index contributed by atoms with van der Waals surface area (Å²) in [7, 11) is 0. The molecule has 2 heterocycles. The lowest BCUT2D eigenvalue weighted by atomic mass is 10.4. The molecule has 18 heavy (non-hydrogen) atoms. The lowest BCUT2D eigenvalue weighted by Gasteiger charge is -2.05. The Morgan fingerprint density at radius 2 is 2.33 bits per heavy atom. The Morgan fingerprint density at radius 1 is 1.50 bits per heavy atom. The third-order valence-electron chi connectivity index (χ3n) is 2.18. The summed E-state index contributed by atoms with van der Waals surface area (Å²) in [5.41, 5.74) is 0.804. The zero-order valence-corrected chi connectivity index (χ0v) is 13.5. The molecule has 0 spiro atoms. The Labute approximate surface area is 127 Å². The molecule has 0 aliphatic heterocycles. The fourth-order valence-electron chi connectivity index (χ4n) is 1.42. The number of halogens is 1. The van der Waals surface area contributed by atoms with Crippen molar-refractivity contribution in [2.24, 2.45) is 0 Å². The number of thioether (sulfide) groups is 1. The Hall–Kier alpha value is -0.0800. The summed E-state index contributed by atoms with van der Waals surface area (Å²) in [5.74, 6) is 2.38. The molecule has 0 amide bonds. The SMILES string of the molecule is OCCSCCNc1cc(=S)c2scc(Br)c2o1. The fraction of sp³-hybridized carbons (Fsp3) is 0.364. The van der Waals surface area contributed by atoms with Gasteiger partial charge >= 0.3 is 0 Å². The summed E-state index contributed by atoms with van der Waals surface area (Å²) in [6.45, 7) is 1.01. The van der Waals surface area contributed by atoms with Gasteiger partial charge in [0.25, 0.3) is 0 Å². The van der Waals surface area contributed by atoms with Crippen molar-refractivity contribution in [3.63, 3.8) is 0 Å². The van der Waals surface area contributed by atoms with Gasteiger partial charge in [-0.1, -0.05) is 12.2 Å². The van der Waals surface area contributed by atoms with Crippen molar-refractivity contribution in [3.05, 3.63) is 20.4 Å². The summed E-state index contributed by atoms with van der Waals surface area (Å²) >= 11 is 12.1. The van der Waals surface area contributed by atoms with E-state index in [-0.39, 0.29) is 6.61 Å². The number of rotatable bonds is 6. The normalized spacial score (nSPS) is 11.0. The number of aliphatic hydroxyl groups excluding tert-OH is 1. The third kappa shape index (κ3) is 3.48. The van der Waals surface area contributed by atoms with Crippen LogP contribution in [0.15, 0.2) is 20.3 Å². The first-order valence-corrected chi connectivity index (χ1v) is 8.59. The lowest BCUT2D eigenvalue weighted by Crippen LogP contribution is -2.05. The van der Waals surface area contributed by atoms with E-state index in [9.17, 15) is 0 Å². The maximum absolute atomic E-state index is 8.67. The maximum atomic E-state index is 8.67. The summed E-state index contributed by atoms with van der Waals surface area (Å²) < 4.78 is 8.48. The Morgan fingerprint density at radius 3 is 3.11 bits per heavy atom. The first-order chi connectivity index (χ1) is 8.72. The topological polar surface area (TPSA) is 45.4 Å². The molecule has 2 N–H and O–H groups in total. The van der Waals surface area contributed by atoms with Crippen molar-refractivity contribution in [2.45, 2.75) is 0 Å². The molecule has 0 radical (unpaired) electrons. The molecule has 0 saturated heterocycles. The molecule has 0 aromatic carbocycles. The van der Waals surface area contributed by atoms with E-state index in [2.05, 4.69) is 21.2 Å². The molecular weight excluding hydrogens is 354 g/mol. The van der Waals surface area contributed by atoms with E-state index < -0.39 is 0 Å². The molecule has 0 saturated carbocycles. The van der Waals surface area contributed by atoms with Crippen LogP contribution in [0.1, 0.15) is 0 Å². The number of fused-ring (bicyclic) bond motifs is 1. The minimum Gasteiger partial charge on any atom is -0.439 e. The van der Waals surface area contributed by atoms with E-state index in [0.29, 0.717) is 5.88 Å². The number of aliphatic hydroxyl groups is 1. The molecule has 0 unspecified atom stereocenters. The molecule has 0 aliphatic carbocycles. The predicted molar refractivity (Wildman–Crippen MR) is 85.5 cm³/mol. The molecule has 0 bridgehead atoms. The van der Waals surface area contributed by atoms with Gasteiger partial charge in [0, 0.05) is 29.5 Å². The van der Waals surface area contributed by atoms with Crippen LogP contribution in [0.5, 0.6) is 0 Å². The second-order valence-electron chi connectivity index (χ2n) is 3.48. The minimum atomic E-state index is 0.221. The van der Waals surface area contributed by atoms with Crippen molar-refractivity contribution in [2.75, 3.05) is 30.0 Å². The molecule has 2 aromatic rings. The number of anilines is 1. The molecule has 3 nitrogen and oxygen atoms in total. The highest BCUT2D eigenvalue weighted by molar-refractivity contribution is 9.10. The number of thiophene rings is 1. The number of hydrogen-bond donors (Lipinski definition) is 2. The molecule has 7 heteroatoms. The van der Waals surface area contributed by atoms with Crippen LogP contribution in [0.2, 0.25) is 0 Å². The van der Waals surface area contributed by atoms with Gasteiger partial charge in [0.05, 0.1) is 20.3 Å². The average molecular weight is 366 g/mol. The number of nitrogens with one attached hydrogen (secondary N) is 1. The quantitative estimate of drug-likeness (QED) is 0.595. The second kappa shape index (κ2) is 6.91. The maximum Gasteiger partial charge on any atom is 0.195 e. The van der Waals surface area contributed by atoms with E-state index in [1.165, 1.54) is 0 Å². The fourth-order valence-corrected chi connectivity index (χ4v) is 3.79. The summed E-state index contributed by atoms with van der Waals surface area (Å²) in [6.07, 6.45) is 0. The van der Waals surface area contributed by atoms with Crippen LogP contribution in [-0.4, -0.2) is 29.8 Å². The van der Waals surface area contributed by atoms with Crippen LogP contribution in [0.4, 0.5) is 5.88 Å². The largest absolute Gasteiger partial charge is 0.439 e. The van der Waals surface area contributed by atoms with Gasteiger partial charge in [-0.15, -0.1) is 11.3 Å². The lowest BCUT2D eigenvalue weighted by molar-refractivity contribution is 0.322. The summed E-state index contributed by atoms with van der Waals surface area (Å²) in [5, 5.41) is 13.8. The molecule has 98 valence electrons. The van der Waals surface area contributed by atoms with Crippen molar-refractivity contribution in [3.8, 4) is 0 Å². The Kier molecular flexibility index (Phi) is 5.50. The van der Waals surface area contributed by atoms with Crippen molar-refractivity contribution in [1.82, 2.24) is 0 Å². The van der Waals surface area contributed by atoms with Gasteiger partial charge in [-0.3, -0.25) is 0 Å². The van der Waals surface area contributed by atoms with Crippen LogP contribution in [0, 0.1) is 4.51 Å². The van der Waals surface area contributed by atoms with Gasteiger partial charge in [-0.25, -0.2) is 0 Å². The van der Waals surface area contributed by atoms with E-state index >= 15 is 0 Å². The van der Waals surface area contributed by atoms with Gasteiger partial charge in [-0.05, 0) is 15.9 Å². The minimum absolute atomic E-state index is 0.221. The van der Waals surface area contributed by atoms with Crippen molar-refractivity contribution in [1.29, 1.82) is 0 Å². The van der Waals surface area contributed by atoms with E-state index in [1.807, 2.05) is 11.4 Å². The predicted octanol–water partition coefficient (Wildman–Crippen LogP) is 4.12. The standard InChI is InChI=1S/C11H12BrNO2S3/c12-7-6-18-11-8(16)5-9(15-10(7)11)13-1-3-17-4-2-14/h5-6,13-14H,1-4H2. The molecule has 0 fully saturated rings. The van der Waals surface area contributed by atoms with E-state index in [0.717, 1.165) is 37.3 Å². The zero-order chi connectivity index (χ0) is 13.0. The van der Waals surface area contributed by atoms with Crippen LogP contribution >= 0.6 is 51.2 Å². The van der Waals surface area contributed by atoms with Crippen molar-refractivity contribution >= 4 is 67.4 Å². The van der Waals surface area contributed by atoms with Gasteiger partial charge in [-0.2, -0.15) is 11.8 Å². The van der Waals surface area contributed by atoms with Crippen LogP contribution in [0.3, 0.4) is 0 Å². The first kappa shape index (κ1) is 14.3. The Bertz CT molecular complexity index is 581. The smallest absolute Gasteiger partial charge is 0.195 e.